The fourth-order valence-electron chi connectivity index (χ4n) is 2.95. The number of nitrogens with zero attached hydrogens (tertiary/aromatic N) is 2. The summed E-state index contributed by atoms with van der Waals surface area (Å²) < 4.78 is 41.9. The van der Waals surface area contributed by atoms with Crippen LogP contribution in [0.1, 0.15) is 48.1 Å². The Kier molecular flexibility index (Phi) is 5.56. The number of aromatic nitrogens is 3. The van der Waals surface area contributed by atoms with Gasteiger partial charge in [0.1, 0.15) is 16.5 Å². The summed E-state index contributed by atoms with van der Waals surface area (Å²) in [5.41, 5.74) is 0.722. The van der Waals surface area contributed by atoms with Crippen LogP contribution in [0.15, 0.2) is 18.3 Å². The standard InChI is InChI=1S/C18H20ClF3N4O2/c1-10-5-15(26-25-10)17(2,7-11-3-4-11)24-16(27)13-6-14(12(19)8-23-13)28-9-18(20,21)22/h5-6,8,11H,3-4,7,9H2,1-2H3,(H,24,27)(H,25,26). The number of amides is 1. The van der Waals surface area contributed by atoms with Crippen LogP contribution in [-0.4, -0.2) is 33.9 Å². The number of aryl methyl sites for hydroxylation is 1. The van der Waals surface area contributed by atoms with Gasteiger partial charge in [0.05, 0.1) is 17.4 Å². The summed E-state index contributed by atoms with van der Waals surface area (Å²) in [6, 6.07) is 2.96. The fraction of sp³-hybridized carbons (Fsp3) is 0.500. The molecule has 2 heterocycles. The zero-order valence-electron chi connectivity index (χ0n) is 15.4. The lowest BCUT2D eigenvalue weighted by Crippen LogP contribution is -2.44. The highest BCUT2D eigenvalue weighted by Crippen LogP contribution is 2.40. The molecule has 1 aliphatic rings. The van der Waals surface area contributed by atoms with E-state index in [1.807, 2.05) is 19.9 Å². The average Bonchev–Trinajstić information content (AvgIpc) is 3.29. The van der Waals surface area contributed by atoms with Crippen LogP contribution >= 0.6 is 11.6 Å². The Morgan fingerprint density at radius 2 is 2.11 bits per heavy atom. The molecule has 28 heavy (non-hydrogen) atoms. The van der Waals surface area contributed by atoms with Crippen molar-refractivity contribution in [2.24, 2.45) is 5.92 Å². The van der Waals surface area contributed by atoms with Crippen LogP contribution in [-0.2, 0) is 5.54 Å². The van der Waals surface area contributed by atoms with Crippen molar-refractivity contribution >= 4 is 17.5 Å². The number of rotatable bonds is 7. The first kappa shape index (κ1) is 20.4. The average molecular weight is 417 g/mol. The number of pyridine rings is 1. The van der Waals surface area contributed by atoms with E-state index in [2.05, 4.69) is 20.5 Å². The number of aromatic amines is 1. The molecule has 2 N–H and O–H groups in total. The lowest BCUT2D eigenvalue weighted by atomic mass is 9.90. The topological polar surface area (TPSA) is 79.9 Å². The molecule has 1 atom stereocenters. The van der Waals surface area contributed by atoms with E-state index in [0.29, 0.717) is 18.0 Å². The molecule has 0 aliphatic heterocycles. The van der Waals surface area contributed by atoms with Gasteiger partial charge in [-0.05, 0) is 32.3 Å². The maximum Gasteiger partial charge on any atom is 0.422 e. The molecule has 0 radical (unpaired) electrons. The van der Waals surface area contributed by atoms with Gasteiger partial charge in [0, 0.05) is 11.8 Å². The number of H-pyrrole nitrogens is 1. The second-order valence-electron chi connectivity index (χ2n) is 7.27. The molecular formula is C18H20ClF3N4O2. The third-order valence-corrected chi connectivity index (χ3v) is 4.78. The van der Waals surface area contributed by atoms with Crippen molar-refractivity contribution in [2.45, 2.75) is 44.8 Å². The molecule has 10 heteroatoms. The molecule has 1 aliphatic carbocycles. The molecule has 6 nitrogen and oxygen atoms in total. The zero-order chi connectivity index (χ0) is 20.5. The van der Waals surface area contributed by atoms with Crippen molar-refractivity contribution < 1.29 is 22.7 Å². The van der Waals surface area contributed by atoms with Gasteiger partial charge in [0.25, 0.3) is 5.91 Å². The number of nitrogens with one attached hydrogen (secondary N) is 2. The molecule has 0 saturated heterocycles. The van der Waals surface area contributed by atoms with E-state index in [1.54, 1.807) is 0 Å². The Morgan fingerprint density at radius 3 is 2.68 bits per heavy atom. The lowest BCUT2D eigenvalue weighted by Gasteiger charge is -2.29. The molecule has 152 valence electrons. The third-order valence-electron chi connectivity index (χ3n) is 4.50. The van der Waals surface area contributed by atoms with Crippen LogP contribution < -0.4 is 10.1 Å². The van der Waals surface area contributed by atoms with Crippen molar-refractivity contribution in [1.82, 2.24) is 20.5 Å². The fourth-order valence-corrected chi connectivity index (χ4v) is 3.11. The van der Waals surface area contributed by atoms with Crippen molar-refractivity contribution in [3.8, 4) is 5.75 Å². The molecule has 1 amide bonds. The Hall–Kier alpha value is -2.29. The van der Waals surface area contributed by atoms with Gasteiger partial charge < -0.3 is 10.1 Å². The Labute approximate surface area is 164 Å². The Bertz CT molecular complexity index is 867. The minimum atomic E-state index is -4.52. The molecule has 3 rings (SSSR count). The summed E-state index contributed by atoms with van der Waals surface area (Å²) in [6.07, 6.45) is -0.546. The maximum atomic E-state index is 12.8. The number of hydrogen-bond donors (Lipinski definition) is 2. The van der Waals surface area contributed by atoms with Crippen LogP contribution in [0.3, 0.4) is 0 Å². The van der Waals surface area contributed by atoms with E-state index in [-0.39, 0.29) is 16.5 Å². The van der Waals surface area contributed by atoms with Gasteiger partial charge in [-0.3, -0.25) is 9.89 Å². The van der Waals surface area contributed by atoms with Crippen LogP contribution in [0, 0.1) is 12.8 Å². The number of ether oxygens (including phenoxy) is 1. The van der Waals surface area contributed by atoms with Crippen molar-refractivity contribution in [2.75, 3.05) is 6.61 Å². The van der Waals surface area contributed by atoms with Gasteiger partial charge in [0.15, 0.2) is 6.61 Å². The smallest absolute Gasteiger partial charge is 0.422 e. The summed E-state index contributed by atoms with van der Waals surface area (Å²) >= 11 is 5.84. The number of carbonyl (C=O) groups excluding carboxylic acids is 1. The van der Waals surface area contributed by atoms with E-state index in [1.165, 1.54) is 0 Å². The van der Waals surface area contributed by atoms with Gasteiger partial charge >= 0.3 is 6.18 Å². The molecule has 0 aromatic carbocycles. The van der Waals surface area contributed by atoms with Crippen LogP contribution in [0.5, 0.6) is 5.75 Å². The molecule has 1 saturated carbocycles. The van der Waals surface area contributed by atoms with Gasteiger partial charge in [-0.25, -0.2) is 4.98 Å². The quantitative estimate of drug-likeness (QED) is 0.710. The van der Waals surface area contributed by atoms with E-state index >= 15 is 0 Å². The SMILES string of the molecule is Cc1cc(C(C)(CC2CC2)NC(=O)c2cc(OCC(F)(F)F)c(Cl)cn2)n[nH]1. The van der Waals surface area contributed by atoms with E-state index in [4.69, 9.17) is 16.3 Å². The number of carbonyl (C=O) groups is 1. The first-order valence-electron chi connectivity index (χ1n) is 8.76. The predicted octanol–water partition coefficient (Wildman–Crippen LogP) is 4.15. The summed E-state index contributed by atoms with van der Waals surface area (Å²) in [5.74, 6) is -0.304. The Morgan fingerprint density at radius 1 is 1.39 bits per heavy atom. The lowest BCUT2D eigenvalue weighted by molar-refractivity contribution is -0.153. The molecule has 2 aromatic heterocycles. The minimum absolute atomic E-state index is 0.0872. The number of alkyl halides is 3. The normalized spacial score (nSPS) is 16.5. The van der Waals surface area contributed by atoms with E-state index < -0.39 is 24.2 Å². The van der Waals surface area contributed by atoms with Crippen molar-refractivity contribution in [3.63, 3.8) is 0 Å². The second-order valence-corrected chi connectivity index (χ2v) is 7.68. The van der Waals surface area contributed by atoms with Gasteiger partial charge in [0.2, 0.25) is 0 Å². The van der Waals surface area contributed by atoms with Crippen LogP contribution in [0.4, 0.5) is 13.2 Å². The highest BCUT2D eigenvalue weighted by molar-refractivity contribution is 6.32. The highest BCUT2D eigenvalue weighted by atomic mass is 35.5. The van der Waals surface area contributed by atoms with E-state index in [9.17, 15) is 18.0 Å². The third kappa shape index (κ3) is 5.15. The van der Waals surface area contributed by atoms with Crippen LogP contribution in [0.2, 0.25) is 5.02 Å². The molecule has 0 bridgehead atoms. The number of hydrogen-bond acceptors (Lipinski definition) is 4. The number of halogens is 4. The van der Waals surface area contributed by atoms with Gasteiger partial charge in [-0.15, -0.1) is 0 Å². The first-order valence-corrected chi connectivity index (χ1v) is 9.14. The van der Waals surface area contributed by atoms with Gasteiger partial charge in [-0.1, -0.05) is 24.4 Å². The molecular weight excluding hydrogens is 397 g/mol. The largest absolute Gasteiger partial charge is 0.482 e. The van der Waals surface area contributed by atoms with E-state index in [0.717, 1.165) is 30.8 Å². The first-order chi connectivity index (χ1) is 13.1. The molecule has 2 aromatic rings. The van der Waals surface area contributed by atoms with Crippen molar-refractivity contribution in [3.05, 3.63) is 40.4 Å². The highest BCUT2D eigenvalue weighted by Gasteiger charge is 2.38. The predicted molar refractivity (Wildman–Crippen MR) is 96.3 cm³/mol. The Balaban J connectivity index is 1.80. The maximum absolute atomic E-state index is 12.8. The molecule has 1 unspecified atom stereocenters. The summed E-state index contributed by atoms with van der Waals surface area (Å²) in [7, 11) is 0. The van der Waals surface area contributed by atoms with Crippen LogP contribution in [0.25, 0.3) is 0 Å². The van der Waals surface area contributed by atoms with Crippen molar-refractivity contribution in [1.29, 1.82) is 0 Å². The van der Waals surface area contributed by atoms with Gasteiger partial charge in [-0.2, -0.15) is 18.3 Å². The second kappa shape index (κ2) is 7.62. The zero-order valence-corrected chi connectivity index (χ0v) is 16.1. The molecule has 0 spiro atoms. The molecule has 1 fully saturated rings. The summed E-state index contributed by atoms with van der Waals surface area (Å²) in [5, 5.41) is 9.96. The minimum Gasteiger partial charge on any atom is -0.482 e. The summed E-state index contributed by atoms with van der Waals surface area (Å²) in [4.78, 5) is 16.7. The monoisotopic (exact) mass is 416 g/mol. The summed E-state index contributed by atoms with van der Waals surface area (Å²) in [6.45, 7) is 2.22.